The highest BCUT2D eigenvalue weighted by Crippen LogP contribution is 2.41. The first-order chi connectivity index (χ1) is 21.6. The predicted octanol–water partition coefficient (Wildman–Crippen LogP) is 8.86. The van der Waals surface area contributed by atoms with Crippen LogP contribution in [0.15, 0.2) is 152 Å². The number of hydrogen-bond acceptors (Lipinski definition) is 2. The van der Waals surface area contributed by atoms with Crippen molar-refractivity contribution in [3.05, 3.63) is 174 Å². The van der Waals surface area contributed by atoms with Crippen LogP contribution in [0.1, 0.15) is 16.7 Å². The monoisotopic (exact) mass is 594 g/mol. The average Bonchev–Trinajstić information content (AvgIpc) is 3.09. The van der Waals surface area contributed by atoms with Gasteiger partial charge in [0.15, 0.2) is 0 Å². The number of hydrogen-bond donors (Lipinski definition) is 0. The van der Waals surface area contributed by atoms with Gasteiger partial charge in [-0.3, -0.25) is 0 Å². The van der Waals surface area contributed by atoms with Crippen molar-refractivity contribution >= 4 is 35.5 Å². The third-order valence-electron chi connectivity index (χ3n) is 7.56. The van der Waals surface area contributed by atoms with Crippen molar-refractivity contribution in [3.63, 3.8) is 0 Å². The molecule has 0 spiro atoms. The van der Waals surface area contributed by atoms with Crippen LogP contribution in [0.5, 0.6) is 11.5 Å². The standard InChI is InChI=1S/C40H32FO2P/c1-42-32-22-17-29(18-23-32)27-39(30-19-24-33(43-2)25-20-30)37-16-10-9-15-36(37)38-26-21-31(41)28-40(38)44(34-11-5-3-6-12-34)35-13-7-4-8-14-35/h3-28H,1-2H3/b39-27+. The van der Waals surface area contributed by atoms with Gasteiger partial charge < -0.3 is 9.47 Å². The Hall–Kier alpha value is -4.98. The van der Waals surface area contributed by atoms with Gasteiger partial charge in [0.25, 0.3) is 0 Å². The van der Waals surface area contributed by atoms with Crippen molar-refractivity contribution in [1.29, 1.82) is 0 Å². The first kappa shape index (κ1) is 29.1. The number of halogens is 1. The molecule has 0 radical (unpaired) electrons. The minimum absolute atomic E-state index is 0.246. The second-order valence-corrected chi connectivity index (χ2v) is 12.5. The molecule has 0 aliphatic heterocycles. The smallest absolute Gasteiger partial charge is 0.123 e. The summed E-state index contributed by atoms with van der Waals surface area (Å²) < 4.78 is 26.0. The highest BCUT2D eigenvalue weighted by molar-refractivity contribution is 7.80. The molecule has 6 aromatic rings. The topological polar surface area (TPSA) is 18.5 Å². The zero-order valence-electron chi connectivity index (χ0n) is 24.7. The maximum absolute atomic E-state index is 15.2. The molecule has 0 aromatic heterocycles. The zero-order chi connectivity index (χ0) is 30.3. The molecule has 0 saturated heterocycles. The van der Waals surface area contributed by atoms with Crippen molar-refractivity contribution in [3.8, 4) is 22.6 Å². The molecule has 6 rings (SSSR count). The predicted molar refractivity (Wildman–Crippen MR) is 184 cm³/mol. The van der Waals surface area contributed by atoms with Crippen LogP contribution >= 0.6 is 7.92 Å². The van der Waals surface area contributed by atoms with Crippen molar-refractivity contribution in [1.82, 2.24) is 0 Å². The highest BCUT2D eigenvalue weighted by atomic mass is 31.1. The van der Waals surface area contributed by atoms with Gasteiger partial charge in [-0.2, -0.15) is 0 Å². The van der Waals surface area contributed by atoms with E-state index in [2.05, 4.69) is 103 Å². The van der Waals surface area contributed by atoms with Gasteiger partial charge in [-0.25, -0.2) is 4.39 Å². The molecule has 0 saturated carbocycles. The van der Waals surface area contributed by atoms with E-state index in [-0.39, 0.29) is 5.82 Å². The van der Waals surface area contributed by atoms with Gasteiger partial charge in [0.1, 0.15) is 17.3 Å². The van der Waals surface area contributed by atoms with Gasteiger partial charge >= 0.3 is 0 Å². The highest BCUT2D eigenvalue weighted by Gasteiger charge is 2.23. The van der Waals surface area contributed by atoms with E-state index in [9.17, 15) is 0 Å². The SMILES string of the molecule is COc1ccc(/C=C(\c2ccc(OC)cc2)c2ccccc2-c2ccc(F)cc2P(c2ccccc2)c2ccccc2)cc1. The number of ether oxygens (including phenoxy) is 2. The summed E-state index contributed by atoms with van der Waals surface area (Å²) in [5.74, 6) is 1.35. The molecule has 2 nitrogen and oxygen atoms in total. The van der Waals surface area contributed by atoms with Gasteiger partial charge in [-0.1, -0.05) is 115 Å². The lowest BCUT2D eigenvalue weighted by Gasteiger charge is -2.24. The van der Waals surface area contributed by atoms with Crippen LogP contribution in [0.25, 0.3) is 22.8 Å². The lowest BCUT2D eigenvalue weighted by atomic mass is 9.89. The fourth-order valence-electron chi connectivity index (χ4n) is 5.41. The molecule has 0 N–H and O–H groups in total. The third kappa shape index (κ3) is 6.34. The molecule has 44 heavy (non-hydrogen) atoms. The van der Waals surface area contributed by atoms with Crippen LogP contribution in [-0.2, 0) is 0 Å². The van der Waals surface area contributed by atoms with Crippen molar-refractivity contribution in [2.24, 2.45) is 0 Å². The molecule has 0 atom stereocenters. The van der Waals surface area contributed by atoms with Gasteiger partial charge in [-0.05, 0) is 99.7 Å². The van der Waals surface area contributed by atoms with Crippen LogP contribution in [0.4, 0.5) is 4.39 Å². The summed E-state index contributed by atoms with van der Waals surface area (Å²) in [4.78, 5) is 0. The summed E-state index contributed by atoms with van der Waals surface area (Å²) in [7, 11) is 2.30. The zero-order valence-corrected chi connectivity index (χ0v) is 25.5. The van der Waals surface area contributed by atoms with Crippen molar-refractivity contribution in [2.75, 3.05) is 14.2 Å². The average molecular weight is 595 g/mol. The Morgan fingerprint density at radius 1 is 0.568 bits per heavy atom. The van der Waals surface area contributed by atoms with E-state index in [4.69, 9.17) is 9.47 Å². The van der Waals surface area contributed by atoms with E-state index in [0.29, 0.717) is 0 Å². The third-order valence-corrected chi connectivity index (χ3v) is 10.0. The second-order valence-electron chi connectivity index (χ2n) is 10.3. The molecule has 4 heteroatoms. The fraction of sp³-hybridized carbons (Fsp3) is 0.0500. The van der Waals surface area contributed by atoms with Gasteiger partial charge in [0.2, 0.25) is 0 Å². The van der Waals surface area contributed by atoms with Crippen molar-refractivity contribution < 1.29 is 13.9 Å². The largest absolute Gasteiger partial charge is 0.497 e. The van der Waals surface area contributed by atoms with Gasteiger partial charge in [0.05, 0.1) is 14.2 Å². The van der Waals surface area contributed by atoms with E-state index in [1.165, 1.54) is 10.6 Å². The maximum atomic E-state index is 15.2. The van der Waals surface area contributed by atoms with E-state index < -0.39 is 7.92 Å². The van der Waals surface area contributed by atoms with Crippen LogP contribution in [0.3, 0.4) is 0 Å². The molecule has 0 heterocycles. The van der Waals surface area contributed by atoms with Gasteiger partial charge in [-0.15, -0.1) is 0 Å². The molecule has 0 amide bonds. The fourth-order valence-corrected chi connectivity index (χ4v) is 7.89. The van der Waals surface area contributed by atoms with E-state index >= 15 is 4.39 Å². The van der Waals surface area contributed by atoms with E-state index in [0.717, 1.165) is 50.2 Å². The molecular formula is C40H32FO2P. The minimum Gasteiger partial charge on any atom is -0.497 e. The Balaban J connectivity index is 1.58. The Morgan fingerprint density at radius 3 is 1.70 bits per heavy atom. The van der Waals surface area contributed by atoms with E-state index in [1.807, 2.05) is 42.5 Å². The molecular weight excluding hydrogens is 562 g/mol. The Bertz CT molecular complexity index is 1830. The Kier molecular flexibility index (Phi) is 8.96. The molecule has 0 unspecified atom stereocenters. The van der Waals surface area contributed by atoms with Crippen LogP contribution in [0, 0.1) is 5.82 Å². The Morgan fingerprint density at radius 2 is 1.11 bits per heavy atom. The number of methoxy groups -OCH3 is 2. The van der Waals surface area contributed by atoms with Crippen LogP contribution in [0.2, 0.25) is 0 Å². The summed E-state index contributed by atoms with van der Waals surface area (Å²) in [5.41, 5.74) is 6.24. The maximum Gasteiger partial charge on any atom is 0.123 e. The lowest BCUT2D eigenvalue weighted by molar-refractivity contribution is 0.414. The molecule has 0 bridgehead atoms. The number of rotatable bonds is 9. The molecule has 0 fully saturated rings. The summed E-state index contributed by atoms with van der Waals surface area (Å²) in [6.45, 7) is 0. The second kappa shape index (κ2) is 13.5. The summed E-state index contributed by atoms with van der Waals surface area (Å²) >= 11 is 0. The first-order valence-electron chi connectivity index (χ1n) is 14.4. The van der Waals surface area contributed by atoms with Crippen molar-refractivity contribution in [2.45, 2.75) is 0 Å². The van der Waals surface area contributed by atoms with E-state index in [1.54, 1.807) is 26.4 Å². The summed E-state index contributed by atoms with van der Waals surface area (Å²) in [6.07, 6.45) is 2.19. The summed E-state index contributed by atoms with van der Waals surface area (Å²) in [5, 5.41) is 3.31. The normalized spacial score (nSPS) is 11.4. The van der Waals surface area contributed by atoms with Crippen LogP contribution in [-0.4, -0.2) is 14.2 Å². The minimum atomic E-state index is -1.04. The lowest BCUT2D eigenvalue weighted by Crippen LogP contribution is -2.22. The summed E-state index contributed by atoms with van der Waals surface area (Å²) in [6, 6.07) is 50.6. The van der Waals surface area contributed by atoms with Crippen LogP contribution < -0.4 is 25.4 Å². The molecule has 0 aliphatic carbocycles. The first-order valence-corrected chi connectivity index (χ1v) is 15.8. The van der Waals surface area contributed by atoms with Gasteiger partial charge in [0, 0.05) is 0 Å². The Labute approximate surface area is 259 Å². The number of benzene rings is 6. The molecule has 6 aromatic carbocycles. The molecule has 0 aliphatic rings. The molecule has 216 valence electrons. The quantitative estimate of drug-likeness (QED) is 0.123.